The minimum Gasteiger partial charge on any atom is -0.393 e. The van der Waals surface area contributed by atoms with Crippen LogP contribution in [0.1, 0.15) is 25.7 Å². The molecule has 0 aliphatic heterocycles. The Kier molecular flexibility index (Phi) is 5.05. The zero-order valence-electron chi connectivity index (χ0n) is 10.1. The van der Waals surface area contributed by atoms with Crippen LogP contribution in [-0.4, -0.2) is 25.7 Å². The van der Waals surface area contributed by atoms with Crippen molar-refractivity contribution in [2.24, 2.45) is 0 Å². The molecule has 1 fully saturated rings. The standard InChI is InChI=1S/C12H15Br2NO3S/c13-8-4-5-12(11(14)6-8)19(17,18)15-9-2-1-3-10(16)7-9/h4-6,9-10,15-16H,1-3,7H2. The fourth-order valence-corrected chi connectivity index (χ4v) is 5.28. The molecule has 0 bridgehead atoms. The van der Waals surface area contributed by atoms with Crippen LogP contribution in [-0.2, 0) is 10.0 Å². The Morgan fingerprint density at radius 1 is 1.26 bits per heavy atom. The maximum Gasteiger partial charge on any atom is 0.241 e. The van der Waals surface area contributed by atoms with Crippen LogP contribution in [0.15, 0.2) is 32.0 Å². The average Bonchev–Trinajstić information content (AvgIpc) is 2.27. The molecular weight excluding hydrogens is 398 g/mol. The van der Waals surface area contributed by atoms with E-state index < -0.39 is 16.1 Å². The summed E-state index contributed by atoms with van der Waals surface area (Å²) in [6.07, 6.45) is 2.43. The molecule has 19 heavy (non-hydrogen) atoms. The Morgan fingerprint density at radius 3 is 2.63 bits per heavy atom. The minimum absolute atomic E-state index is 0.190. The molecule has 1 aromatic rings. The predicted molar refractivity (Wildman–Crippen MR) is 80.4 cm³/mol. The molecule has 0 spiro atoms. The second-order valence-corrected chi connectivity index (χ2v) is 8.17. The second kappa shape index (κ2) is 6.22. The number of hydrogen-bond acceptors (Lipinski definition) is 3. The van der Waals surface area contributed by atoms with E-state index in [2.05, 4.69) is 36.6 Å². The van der Waals surface area contributed by atoms with Crippen LogP contribution in [0.5, 0.6) is 0 Å². The Bertz CT molecular complexity index is 562. The van der Waals surface area contributed by atoms with Crippen molar-refractivity contribution < 1.29 is 13.5 Å². The van der Waals surface area contributed by atoms with E-state index in [0.29, 0.717) is 10.9 Å². The van der Waals surface area contributed by atoms with Crippen molar-refractivity contribution in [3.8, 4) is 0 Å². The number of rotatable bonds is 3. The predicted octanol–water partition coefficient (Wildman–Crippen LogP) is 2.79. The van der Waals surface area contributed by atoms with Crippen LogP contribution >= 0.6 is 31.9 Å². The van der Waals surface area contributed by atoms with E-state index in [-0.39, 0.29) is 10.9 Å². The highest BCUT2D eigenvalue weighted by molar-refractivity contribution is 9.11. The lowest BCUT2D eigenvalue weighted by Gasteiger charge is -2.26. The van der Waals surface area contributed by atoms with Crippen LogP contribution in [0, 0.1) is 0 Å². The first-order valence-electron chi connectivity index (χ1n) is 6.04. The van der Waals surface area contributed by atoms with Gasteiger partial charge in [0, 0.05) is 15.0 Å². The molecule has 0 amide bonds. The Balaban J connectivity index is 2.18. The van der Waals surface area contributed by atoms with E-state index in [1.807, 2.05) is 0 Å². The van der Waals surface area contributed by atoms with Gasteiger partial charge in [0.05, 0.1) is 11.0 Å². The van der Waals surface area contributed by atoms with E-state index in [1.54, 1.807) is 18.2 Å². The summed E-state index contributed by atoms with van der Waals surface area (Å²) in [6, 6.07) is 4.75. The summed E-state index contributed by atoms with van der Waals surface area (Å²) in [5, 5.41) is 9.59. The Labute approximate surface area is 129 Å². The molecule has 106 valence electrons. The summed E-state index contributed by atoms with van der Waals surface area (Å²) in [5.41, 5.74) is 0. The number of benzene rings is 1. The maximum atomic E-state index is 12.3. The topological polar surface area (TPSA) is 66.4 Å². The molecule has 1 aliphatic carbocycles. The van der Waals surface area contributed by atoms with Gasteiger partial charge in [0.1, 0.15) is 0 Å². The highest BCUT2D eigenvalue weighted by atomic mass is 79.9. The molecule has 0 saturated heterocycles. The molecule has 2 unspecified atom stereocenters. The first-order chi connectivity index (χ1) is 8.88. The number of aliphatic hydroxyl groups is 1. The molecule has 2 rings (SSSR count). The summed E-state index contributed by atoms with van der Waals surface area (Å²) in [7, 11) is -3.56. The van der Waals surface area contributed by atoms with Crippen molar-refractivity contribution in [3.63, 3.8) is 0 Å². The van der Waals surface area contributed by atoms with E-state index >= 15 is 0 Å². The smallest absolute Gasteiger partial charge is 0.241 e. The number of aliphatic hydroxyl groups excluding tert-OH is 1. The lowest BCUT2D eigenvalue weighted by molar-refractivity contribution is 0.117. The van der Waals surface area contributed by atoms with Crippen molar-refractivity contribution in [1.82, 2.24) is 4.72 Å². The molecule has 2 N–H and O–H groups in total. The van der Waals surface area contributed by atoms with E-state index in [0.717, 1.165) is 23.7 Å². The number of halogens is 2. The largest absolute Gasteiger partial charge is 0.393 e. The van der Waals surface area contributed by atoms with Crippen LogP contribution < -0.4 is 4.72 Å². The third kappa shape index (κ3) is 4.01. The fraction of sp³-hybridized carbons (Fsp3) is 0.500. The van der Waals surface area contributed by atoms with Crippen molar-refractivity contribution in [2.45, 2.75) is 42.7 Å². The second-order valence-electron chi connectivity index (χ2n) is 4.71. The normalized spacial score (nSPS) is 24.4. The van der Waals surface area contributed by atoms with Crippen molar-refractivity contribution in [1.29, 1.82) is 0 Å². The highest BCUT2D eigenvalue weighted by Gasteiger charge is 2.26. The molecule has 0 radical (unpaired) electrons. The first-order valence-corrected chi connectivity index (χ1v) is 9.11. The molecule has 4 nitrogen and oxygen atoms in total. The van der Waals surface area contributed by atoms with Gasteiger partial charge < -0.3 is 5.11 Å². The van der Waals surface area contributed by atoms with Gasteiger partial charge >= 0.3 is 0 Å². The average molecular weight is 413 g/mol. The summed E-state index contributed by atoms with van der Waals surface area (Å²) in [5.74, 6) is 0. The zero-order valence-corrected chi connectivity index (χ0v) is 14.1. The number of nitrogens with one attached hydrogen (secondary N) is 1. The summed E-state index contributed by atoms with van der Waals surface area (Å²) in [4.78, 5) is 0.218. The molecule has 7 heteroatoms. The van der Waals surface area contributed by atoms with Crippen LogP contribution in [0.2, 0.25) is 0 Å². The van der Waals surface area contributed by atoms with Gasteiger partial charge in [0.2, 0.25) is 10.0 Å². The molecular formula is C12H15Br2NO3S. The lowest BCUT2D eigenvalue weighted by atomic mass is 9.94. The molecule has 1 aromatic carbocycles. The SMILES string of the molecule is O=S(=O)(NC1CCCC(O)C1)c1ccc(Br)cc1Br. The van der Waals surface area contributed by atoms with Gasteiger partial charge in [-0.15, -0.1) is 0 Å². The van der Waals surface area contributed by atoms with Gasteiger partial charge in [-0.3, -0.25) is 0 Å². The van der Waals surface area contributed by atoms with Gasteiger partial charge in [0.15, 0.2) is 0 Å². The third-order valence-corrected chi connectivity index (χ3v) is 6.14. The van der Waals surface area contributed by atoms with Crippen LogP contribution in [0.3, 0.4) is 0 Å². The number of hydrogen-bond donors (Lipinski definition) is 2. The Morgan fingerprint density at radius 2 is 2.00 bits per heavy atom. The molecule has 1 saturated carbocycles. The zero-order chi connectivity index (χ0) is 14.0. The number of sulfonamides is 1. The van der Waals surface area contributed by atoms with Gasteiger partial charge in [-0.1, -0.05) is 15.9 Å². The quantitative estimate of drug-likeness (QED) is 0.802. The summed E-state index contributed by atoms with van der Waals surface area (Å²) >= 11 is 6.55. The van der Waals surface area contributed by atoms with Crippen molar-refractivity contribution >= 4 is 41.9 Å². The van der Waals surface area contributed by atoms with E-state index in [1.165, 1.54) is 0 Å². The molecule has 1 aliphatic rings. The lowest BCUT2D eigenvalue weighted by Crippen LogP contribution is -2.39. The highest BCUT2D eigenvalue weighted by Crippen LogP contribution is 2.27. The van der Waals surface area contributed by atoms with Gasteiger partial charge in [0.25, 0.3) is 0 Å². The van der Waals surface area contributed by atoms with Crippen LogP contribution in [0.4, 0.5) is 0 Å². The summed E-state index contributed by atoms with van der Waals surface area (Å²) < 4.78 is 28.6. The fourth-order valence-electron chi connectivity index (χ4n) is 2.25. The molecule has 0 aromatic heterocycles. The Hall–Kier alpha value is 0.0500. The monoisotopic (exact) mass is 411 g/mol. The third-order valence-electron chi connectivity index (χ3n) is 3.15. The van der Waals surface area contributed by atoms with Gasteiger partial charge in [-0.05, 0) is 59.8 Å². The van der Waals surface area contributed by atoms with E-state index in [9.17, 15) is 13.5 Å². The van der Waals surface area contributed by atoms with Gasteiger partial charge in [-0.25, -0.2) is 13.1 Å². The van der Waals surface area contributed by atoms with Crippen LogP contribution in [0.25, 0.3) is 0 Å². The summed E-state index contributed by atoms with van der Waals surface area (Å²) in [6.45, 7) is 0. The van der Waals surface area contributed by atoms with Crippen molar-refractivity contribution in [2.75, 3.05) is 0 Å². The first kappa shape index (κ1) is 15.4. The molecule has 2 atom stereocenters. The van der Waals surface area contributed by atoms with E-state index in [4.69, 9.17) is 0 Å². The molecule has 0 heterocycles. The van der Waals surface area contributed by atoms with Crippen molar-refractivity contribution in [3.05, 3.63) is 27.1 Å². The maximum absolute atomic E-state index is 12.3. The van der Waals surface area contributed by atoms with Gasteiger partial charge in [-0.2, -0.15) is 0 Å². The minimum atomic E-state index is -3.56.